The Morgan fingerprint density at radius 1 is 1.05 bits per heavy atom. The maximum Gasteiger partial charge on any atom is 0.0951 e. The Bertz CT molecular complexity index is 310. The predicted octanol–water partition coefficient (Wildman–Crippen LogP) is 1.79. The summed E-state index contributed by atoms with van der Waals surface area (Å²) >= 11 is 0. The summed E-state index contributed by atoms with van der Waals surface area (Å²) in [5.41, 5.74) is 0.0410. The molecule has 2 unspecified atom stereocenters. The molecule has 1 aliphatic carbocycles. The molecule has 0 radical (unpaired) electrons. The van der Waals surface area contributed by atoms with Crippen molar-refractivity contribution in [3.63, 3.8) is 0 Å². The minimum absolute atomic E-state index is 0.0410. The molecular formula is C16H30N2O2. The van der Waals surface area contributed by atoms with Crippen LogP contribution in [0, 0.1) is 0 Å². The van der Waals surface area contributed by atoms with Gasteiger partial charge in [-0.25, -0.2) is 0 Å². The molecule has 2 saturated heterocycles. The quantitative estimate of drug-likeness (QED) is 0.855. The summed E-state index contributed by atoms with van der Waals surface area (Å²) in [6.07, 6.45) is 8.75. The molecule has 4 nitrogen and oxygen atoms in total. The van der Waals surface area contributed by atoms with E-state index in [0.29, 0.717) is 6.04 Å². The Hall–Kier alpha value is -0.160. The maximum atomic E-state index is 6.07. The van der Waals surface area contributed by atoms with E-state index in [0.717, 1.165) is 44.7 Å². The number of hydrogen-bond acceptors (Lipinski definition) is 4. The number of ether oxygens (including phenoxy) is 2. The van der Waals surface area contributed by atoms with Crippen molar-refractivity contribution in [3.05, 3.63) is 0 Å². The van der Waals surface area contributed by atoms with E-state index < -0.39 is 0 Å². The highest BCUT2D eigenvalue weighted by molar-refractivity contribution is 4.95. The van der Waals surface area contributed by atoms with Crippen LogP contribution >= 0.6 is 0 Å². The van der Waals surface area contributed by atoms with Gasteiger partial charge >= 0.3 is 0 Å². The largest absolute Gasteiger partial charge is 0.378 e. The summed E-state index contributed by atoms with van der Waals surface area (Å²) in [6.45, 7) is 2.60. The second-order valence-electron chi connectivity index (χ2n) is 6.94. The van der Waals surface area contributed by atoms with Gasteiger partial charge < -0.3 is 19.7 Å². The van der Waals surface area contributed by atoms with Crippen LogP contribution in [0.5, 0.6) is 0 Å². The van der Waals surface area contributed by atoms with Crippen molar-refractivity contribution >= 4 is 0 Å². The Kier molecular flexibility index (Phi) is 4.65. The molecule has 0 aromatic carbocycles. The Labute approximate surface area is 123 Å². The fourth-order valence-corrected chi connectivity index (χ4v) is 4.28. The first kappa shape index (κ1) is 14.8. The second-order valence-corrected chi connectivity index (χ2v) is 6.94. The van der Waals surface area contributed by atoms with Crippen LogP contribution in [0.3, 0.4) is 0 Å². The van der Waals surface area contributed by atoms with Gasteiger partial charge in [0.05, 0.1) is 12.2 Å². The molecule has 1 N–H and O–H groups in total. The molecule has 3 fully saturated rings. The van der Waals surface area contributed by atoms with Crippen LogP contribution in [0.15, 0.2) is 0 Å². The molecule has 2 aliphatic heterocycles. The van der Waals surface area contributed by atoms with Gasteiger partial charge in [0, 0.05) is 37.8 Å². The lowest BCUT2D eigenvalue weighted by Gasteiger charge is -2.45. The molecule has 116 valence electrons. The molecule has 1 spiro atoms. The first-order valence-electron chi connectivity index (χ1n) is 8.33. The van der Waals surface area contributed by atoms with Crippen LogP contribution in [0.1, 0.15) is 44.9 Å². The van der Waals surface area contributed by atoms with E-state index in [1.54, 1.807) is 0 Å². The van der Waals surface area contributed by atoms with Gasteiger partial charge in [0.15, 0.2) is 0 Å². The first-order valence-corrected chi connectivity index (χ1v) is 8.33. The summed E-state index contributed by atoms with van der Waals surface area (Å²) in [4.78, 5) is 2.66. The fraction of sp³-hybridized carbons (Fsp3) is 1.00. The van der Waals surface area contributed by atoms with E-state index in [2.05, 4.69) is 24.3 Å². The highest BCUT2D eigenvalue weighted by Crippen LogP contribution is 2.36. The number of nitrogens with zero attached hydrogens (tertiary/aromatic N) is 1. The van der Waals surface area contributed by atoms with Crippen LogP contribution in [-0.2, 0) is 9.47 Å². The van der Waals surface area contributed by atoms with Crippen molar-refractivity contribution in [2.45, 2.75) is 68.7 Å². The SMILES string of the molecule is CNC1CCC(N(C)C2CCOC3(CCOC3)C2)CC1. The first-order chi connectivity index (χ1) is 9.72. The van der Waals surface area contributed by atoms with Gasteiger partial charge in [-0.3, -0.25) is 0 Å². The lowest BCUT2D eigenvalue weighted by Crippen LogP contribution is -2.52. The summed E-state index contributed by atoms with van der Waals surface area (Å²) in [5, 5.41) is 3.43. The normalized spacial score (nSPS) is 42.5. The third kappa shape index (κ3) is 3.03. The van der Waals surface area contributed by atoms with E-state index >= 15 is 0 Å². The van der Waals surface area contributed by atoms with Crippen LogP contribution in [0.25, 0.3) is 0 Å². The van der Waals surface area contributed by atoms with Crippen LogP contribution < -0.4 is 5.32 Å². The predicted molar refractivity (Wildman–Crippen MR) is 80.0 cm³/mol. The zero-order valence-electron chi connectivity index (χ0n) is 13.1. The molecular weight excluding hydrogens is 252 g/mol. The average Bonchev–Trinajstić information content (AvgIpc) is 2.94. The molecule has 2 heterocycles. The summed E-state index contributed by atoms with van der Waals surface area (Å²) < 4.78 is 11.7. The van der Waals surface area contributed by atoms with Gasteiger partial charge in [-0.1, -0.05) is 0 Å². The van der Waals surface area contributed by atoms with E-state index in [-0.39, 0.29) is 5.60 Å². The molecule has 0 amide bonds. The van der Waals surface area contributed by atoms with Crippen molar-refractivity contribution in [1.82, 2.24) is 10.2 Å². The molecule has 0 aromatic rings. The van der Waals surface area contributed by atoms with E-state index in [4.69, 9.17) is 9.47 Å². The van der Waals surface area contributed by atoms with Gasteiger partial charge in [0.25, 0.3) is 0 Å². The third-order valence-electron chi connectivity index (χ3n) is 5.79. The van der Waals surface area contributed by atoms with Crippen molar-refractivity contribution in [3.8, 4) is 0 Å². The van der Waals surface area contributed by atoms with Gasteiger partial charge in [0.2, 0.25) is 0 Å². The Morgan fingerprint density at radius 3 is 2.50 bits per heavy atom. The number of rotatable bonds is 3. The molecule has 3 aliphatic rings. The zero-order chi connectivity index (χ0) is 14.0. The minimum Gasteiger partial charge on any atom is -0.378 e. The Balaban J connectivity index is 1.55. The van der Waals surface area contributed by atoms with E-state index in [1.165, 1.54) is 32.1 Å². The highest BCUT2D eigenvalue weighted by Gasteiger charge is 2.43. The number of hydrogen-bond donors (Lipinski definition) is 1. The van der Waals surface area contributed by atoms with Gasteiger partial charge in [0.1, 0.15) is 0 Å². The summed E-state index contributed by atoms with van der Waals surface area (Å²) in [5.74, 6) is 0. The average molecular weight is 282 g/mol. The molecule has 2 atom stereocenters. The maximum absolute atomic E-state index is 6.07. The molecule has 20 heavy (non-hydrogen) atoms. The van der Waals surface area contributed by atoms with Gasteiger partial charge in [-0.2, -0.15) is 0 Å². The molecule has 0 aromatic heterocycles. The molecule has 1 saturated carbocycles. The lowest BCUT2D eigenvalue weighted by atomic mass is 9.85. The van der Waals surface area contributed by atoms with Crippen molar-refractivity contribution in [1.29, 1.82) is 0 Å². The van der Waals surface area contributed by atoms with Crippen molar-refractivity contribution in [2.24, 2.45) is 0 Å². The highest BCUT2D eigenvalue weighted by atomic mass is 16.6. The number of nitrogens with one attached hydrogen (secondary N) is 1. The second kappa shape index (κ2) is 6.30. The van der Waals surface area contributed by atoms with E-state index in [9.17, 15) is 0 Å². The van der Waals surface area contributed by atoms with Gasteiger partial charge in [-0.15, -0.1) is 0 Å². The monoisotopic (exact) mass is 282 g/mol. The van der Waals surface area contributed by atoms with Crippen LogP contribution in [-0.4, -0.2) is 62.5 Å². The van der Waals surface area contributed by atoms with Crippen LogP contribution in [0.4, 0.5) is 0 Å². The van der Waals surface area contributed by atoms with Gasteiger partial charge in [-0.05, 0) is 52.6 Å². The Morgan fingerprint density at radius 2 is 1.85 bits per heavy atom. The topological polar surface area (TPSA) is 33.7 Å². The molecule has 3 rings (SSSR count). The summed E-state index contributed by atoms with van der Waals surface area (Å²) in [7, 11) is 4.43. The van der Waals surface area contributed by atoms with Crippen LogP contribution in [0.2, 0.25) is 0 Å². The van der Waals surface area contributed by atoms with Crippen molar-refractivity contribution in [2.75, 3.05) is 33.9 Å². The third-order valence-corrected chi connectivity index (χ3v) is 5.79. The fourth-order valence-electron chi connectivity index (χ4n) is 4.28. The smallest absolute Gasteiger partial charge is 0.0951 e. The lowest BCUT2D eigenvalue weighted by molar-refractivity contribution is -0.109. The summed E-state index contributed by atoms with van der Waals surface area (Å²) in [6, 6.07) is 2.19. The van der Waals surface area contributed by atoms with Crippen molar-refractivity contribution < 1.29 is 9.47 Å². The minimum atomic E-state index is 0.0410. The molecule has 0 bridgehead atoms. The molecule has 4 heteroatoms. The standard InChI is InChI=1S/C16H30N2O2/c1-17-13-3-5-14(6-4-13)18(2)15-7-9-20-16(11-15)8-10-19-12-16/h13-15,17H,3-12H2,1-2H3. The zero-order valence-corrected chi connectivity index (χ0v) is 13.1. The van der Waals surface area contributed by atoms with E-state index in [1.807, 2.05) is 0 Å².